The molecule has 0 heterocycles. The van der Waals surface area contributed by atoms with Crippen LogP contribution in [0, 0.1) is 25.2 Å². The van der Waals surface area contributed by atoms with E-state index in [1.165, 1.54) is 0 Å². The van der Waals surface area contributed by atoms with Crippen LogP contribution in [0.5, 0.6) is 0 Å². The van der Waals surface area contributed by atoms with Crippen LogP contribution in [0.25, 0.3) is 0 Å². The molecule has 0 spiro atoms. The number of hydrogen-bond donors (Lipinski definition) is 0. The fraction of sp³-hybridized carbons (Fsp3) is 0.667. The number of carbonyl (C=O) groups excluding carboxylic acids is 1. The molecule has 2 unspecified atom stereocenters. The third kappa shape index (κ3) is 1.83. The van der Waals surface area contributed by atoms with Crippen molar-refractivity contribution < 1.29 is 4.79 Å². The molecule has 0 aromatic rings. The van der Waals surface area contributed by atoms with Crippen molar-refractivity contribution in [1.82, 2.24) is 0 Å². The van der Waals surface area contributed by atoms with Crippen molar-refractivity contribution in [1.29, 1.82) is 0 Å². The van der Waals surface area contributed by atoms with Gasteiger partial charge in [0.1, 0.15) is 5.78 Å². The molecule has 0 aromatic heterocycles. The maximum absolute atomic E-state index is 11.0. The van der Waals surface area contributed by atoms with E-state index in [1.54, 1.807) is 0 Å². The van der Waals surface area contributed by atoms with E-state index >= 15 is 0 Å². The van der Waals surface area contributed by atoms with Crippen molar-refractivity contribution in [2.75, 3.05) is 0 Å². The molecule has 10 heavy (non-hydrogen) atoms. The maximum atomic E-state index is 11.0. The first-order chi connectivity index (χ1) is 4.49. The van der Waals surface area contributed by atoms with Gasteiger partial charge in [-0.1, -0.05) is 6.92 Å². The van der Waals surface area contributed by atoms with Gasteiger partial charge in [-0.05, 0) is 31.6 Å². The van der Waals surface area contributed by atoms with Gasteiger partial charge in [0, 0.05) is 12.8 Å². The lowest BCUT2D eigenvalue weighted by Gasteiger charge is -2.31. The highest BCUT2D eigenvalue weighted by molar-refractivity contribution is 5.80. The first kappa shape index (κ1) is 7.77. The van der Waals surface area contributed by atoms with Gasteiger partial charge in [0.15, 0.2) is 0 Å². The second kappa shape index (κ2) is 2.37. The summed E-state index contributed by atoms with van der Waals surface area (Å²) < 4.78 is 0. The number of hydrogen-bond acceptors (Lipinski definition) is 1. The normalized spacial score (nSPS) is 32.3. The fourth-order valence-corrected chi connectivity index (χ4v) is 1.71. The molecule has 1 rings (SSSR count). The summed E-state index contributed by atoms with van der Waals surface area (Å²) in [7, 11) is 0. The number of rotatable bonds is 0. The van der Waals surface area contributed by atoms with Crippen LogP contribution in [0.3, 0.4) is 0 Å². The zero-order valence-corrected chi connectivity index (χ0v) is 6.52. The van der Waals surface area contributed by atoms with Gasteiger partial charge >= 0.3 is 0 Å². The Morgan fingerprint density at radius 3 is 2.70 bits per heavy atom. The largest absolute Gasteiger partial charge is 0.300 e. The van der Waals surface area contributed by atoms with E-state index in [1.807, 2.05) is 6.92 Å². The molecule has 0 aromatic carbocycles. The van der Waals surface area contributed by atoms with Crippen LogP contribution in [0.2, 0.25) is 0 Å². The third-order valence-corrected chi connectivity index (χ3v) is 1.92. The van der Waals surface area contributed by atoms with Gasteiger partial charge in [0.25, 0.3) is 0 Å². The zero-order valence-electron chi connectivity index (χ0n) is 6.52. The summed E-state index contributed by atoms with van der Waals surface area (Å²) in [6.45, 7) is 9.88. The lowest BCUT2D eigenvalue weighted by atomic mass is 9.72. The molecule has 1 saturated carbocycles. The molecule has 0 amide bonds. The second-order valence-corrected chi connectivity index (χ2v) is 3.80. The number of Topliss-reactive ketones (excluding diaryl/α,β-unsaturated/α-hetero) is 1. The fourth-order valence-electron chi connectivity index (χ4n) is 1.71. The zero-order chi connectivity index (χ0) is 7.78. The summed E-state index contributed by atoms with van der Waals surface area (Å²) >= 11 is 0. The van der Waals surface area contributed by atoms with Crippen LogP contribution in [-0.4, -0.2) is 5.78 Å². The third-order valence-electron chi connectivity index (χ3n) is 1.92. The average Bonchev–Trinajstić information content (AvgIpc) is 1.54. The average molecular weight is 138 g/mol. The monoisotopic (exact) mass is 138 g/mol. The minimum atomic E-state index is -0.0399. The van der Waals surface area contributed by atoms with E-state index in [-0.39, 0.29) is 5.41 Å². The Balaban J connectivity index is 2.59. The first-order valence-electron chi connectivity index (χ1n) is 3.70. The molecule has 0 bridgehead atoms. The molecular formula is C9H14O. The van der Waals surface area contributed by atoms with Crippen LogP contribution in [0.4, 0.5) is 0 Å². The molecule has 2 radical (unpaired) electrons. The molecule has 56 valence electrons. The topological polar surface area (TPSA) is 17.1 Å². The quantitative estimate of drug-likeness (QED) is 0.500. The predicted molar refractivity (Wildman–Crippen MR) is 41.2 cm³/mol. The van der Waals surface area contributed by atoms with Gasteiger partial charge in [0.05, 0.1) is 0 Å². The Morgan fingerprint density at radius 2 is 2.30 bits per heavy atom. The molecule has 0 aliphatic heterocycles. The van der Waals surface area contributed by atoms with Crippen molar-refractivity contribution in [3.8, 4) is 0 Å². The Morgan fingerprint density at radius 1 is 1.70 bits per heavy atom. The van der Waals surface area contributed by atoms with Crippen molar-refractivity contribution in [3.05, 3.63) is 13.8 Å². The molecule has 1 nitrogen and oxygen atoms in total. The van der Waals surface area contributed by atoms with E-state index < -0.39 is 0 Å². The highest BCUT2D eigenvalue weighted by atomic mass is 16.1. The van der Waals surface area contributed by atoms with E-state index in [0.29, 0.717) is 24.5 Å². The number of carbonyl (C=O) groups is 1. The SMILES string of the molecule is [CH2]C1CC(=O)CC([CH2])(C)C1. The Kier molecular flexibility index (Phi) is 1.84. The van der Waals surface area contributed by atoms with Crippen LogP contribution < -0.4 is 0 Å². The van der Waals surface area contributed by atoms with Gasteiger partial charge in [-0.3, -0.25) is 4.79 Å². The summed E-state index contributed by atoms with van der Waals surface area (Å²) in [6, 6.07) is 0. The molecule has 1 fully saturated rings. The molecule has 1 aliphatic rings. The van der Waals surface area contributed by atoms with E-state index in [0.717, 1.165) is 6.42 Å². The van der Waals surface area contributed by atoms with E-state index in [4.69, 9.17) is 0 Å². The van der Waals surface area contributed by atoms with Crippen LogP contribution in [0.1, 0.15) is 26.2 Å². The first-order valence-corrected chi connectivity index (χ1v) is 3.70. The summed E-state index contributed by atoms with van der Waals surface area (Å²) in [5.41, 5.74) is -0.0399. The smallest absolute Gasteiger partial charge is 0.133 e. The Bertz CT molecular complexity index is 147. The van der Waals surface area contributed by atoms with Gasteiger partial charge in [-0.2, -0.15) is 0 Å². The van der Waals surface area contributed by atoms with Crippen molar-refractivity contribution in [3.63, 3.8) is 0 Å². The lowest BCUT2D eigenvalue weighted by molar-refractivity contribution is -0.123. The van der Waals surface area contributed by atoms with Crippen molar-refractivity contribution in [2.24, 2.45) is 11.3 Å². The van der Waals surface area contributed by atoms with Crippen molar-refractivity contribution >= 4 is 5.78 Å². The second-order valence-electron chi connectivity index (χ2n) is 3.80. The minimum absolute atomic E-state index is 0.0399. The summed E-state index contributed by atoms with van der Waals surface area (Å²) in [4.78, 5) is 11.0. The van der Waals surface area contributed by atoms with Gasteiger partial charge < -0.3 is 0 Å². The summed E-state index contributed by atoms with van der Waals surface area (Å²) in [6.07, 6.45) is 2.28. The van der Waals surface area contributed by atoms with E-state index in [9.17, 15) is 4.79 Å². The minimum Gasteiger partial charge on any atom is -0.300 e. The Hall–Kier alpha value is -0.330. The maximum Gasteiger partial charge on any atom is 0.133 e. The van der Waals surface area contributed by atoms with Gasteiger partial charge in [0.2, 0.25) is 0 Å². The van der Waals surface area contributed by atoms with Crippen LogP contribution in [0.15, 0.2) is 0 Å². The Labute approximate surface area is 62.8 Å². The van der Waals surface area contributed by atoms with Crippen molar-refractivity contribution in [2.45, 2.75) is 26.2 Å². The molecule has 2 atom stereocenters. The van der Waals surface area contributed by atoms with Crippen LogP contribution in [-0.2, 0) is 4.79 Å². The van der Waals surface area contributed by atoms with Gasteiger partial charge in [-0.15, -0.1) is 0 Å². The lowest BCUT2D eigenvalue weighted by Crippen LogP contribution is -2.27. The molecular weight excluding hydrogens is 124 g/mol. The standard InChI is InChI=1S/C9H14O/c1-7-4-8(10)6-9(2,3)5-7/h7H,1-2,4-6H2,3H3. The highest BCUT2D eigenvalue weighted by Crippen LogP contribution is 2.35. The predicted octanol–water partition coefficient (Wildman–Crippen LogP) is 2.03. The molecule has 1 heteroatoms. The summed E-state index contributed by atoms with van der Waals surface area (Å²) in [5, 5.41) is 0. The van der Waals surface area contributed by atoms with Gasteiger partial charge in [-0.25, -0.2) is 0 Å². The van der Waals surface area contributed by atoms with E-state index in [2.05, 4.69) is 13.8 Å². The molecule has 0 saturated heterocycles. The molecule has 1 aliphatic carbocycles. The highest BCUT2D eigenvalue weighted by Gasteiger charge is 2.30. The number of ketones is 1. The molecule has 0 N–H and O–H groups in total. The summed E-state index contributed by atoms with van der Waals surface area (Å²) in [5.74, 6) is 0.618. The van der Waals surface area contributed by atoms with Crippen LogP contribution >= 0.6 is 0 Å².